The Labute approximate surface area is 145 Å². The van der Waals surface area contributed by atoms with Gasteiger partial charge in [0.05, 0.1) is 22.8 Å². The van der Waals surface area contributed by atoms with Gasteiger partial charge >= 0.3 is 6.61 Å². The molecule has 0 spiro atoms. The fourth-order valence-corrected chi connectivity index (χ4v) is 2.76. The van der Waals surface area contributed by atoms with Crippen LogP contribution in [-0.2, 0) is 9.59 Å². The van der Waals surface area contributed by atoms with Crippen molar-refractivity contribution in [3.63, 3.8) is 0 Å². The number of aromatic nitrogens is 2. The summed E-state index contributed by atoms with van der Waals surface area (Å²) in [5.74, 6) is -1.27. The van der Waals surface area contributed by atoms with Gasteiger partial charge in [-0.15, -0.1) is 0 Å². The molecule has 1 saturated heterocycles. The van der Waals surface area contributed by atoms with Gasteiger partial charge in [0.15, 0.2) is 0 Å². The van der Waals surface area contributed by atoms with Crippen LogP contribution in [-0.4, -0.2) is 35.2 Å². The van der Waals surface area contributed by atoms with Crippen molar-refractivity contribution in [2.24, 2.45) is 5.92 Å². The van der Waals surface area contributed by atoms with Crippen molar-refractivity contribution in [3.05, 3.63) is 35.6 Å². The van der Waals surface area contributed by atoms with Crippen molar-refractivity contribution >= 4 is 34.8 Å². The lowest BCUT2D eigenvalue weighted by Gasteiger charge is -2.14. The lowest BCUT2D eigenvalue weighted by atomic mass is 10.1. The van der Waals surface area contributed by atoms with E-state index in [1.165, 1.54) is 29.3 Å². The van der Waals surface area contributed by atoms with E-state index in [0.29, 0.717) is 11.4 Å². The number of carbonyl (C=O) groups excluding carboxylic acids is 2. The van der Waals surface area contributed by atoms with E-state index in [1.807, 2.05) is 0 Å². The van der Waals surface area contributed by atoms with Crippen LogP contribution in [0.5, 0.6) is 5.75 Å². The largest absolute Gasteiger partial charge is 0.433 e. The second-order valence-corrected chi connectivity index (χ2v) is 5.78. The van der Waals surface area contributed by atoms with E-state index in [9.17, 15) is 18.4 Å². The summed E-state index contributed by atoms with van der Waals surface area (Å²) < 4.78 is 28.7. The quantitative estimate of drug-likeness (QED) is 0.847. The molecule has 0 aliphatic carbocycles. The molecule has 0 radical (unpaired) electrons. The summed E-state index contributed by atoms with van der Waals surface area (Å²) in [4.78, 5) is 25.9. The van der Waals surface area contributed by atoms with Crippen molar-refractivity contribution in [2.45, 2.75) is 13.0 Å². The molecule has 0 saturated carbocycles. The summed E-state index contributed by atoms with van der Waals surface area (Å²) in [6, 6.07) is 3.94. The maximum Gasteiger partial charge on any atom is 0.387 e. The number of rotatable bonds is 5. The van der Waals surface area contributed by atoms with Gasteiger partial charge in [-0.1, -0.05) is 11.6 Å². The summed E-state index contributed by atoms with van der Waals surface area (Å²) in [6.45, 7) is -2.76. The molecule has 2 amide bonds. The third-order valence-electron chi connectivity index (χ3n) is 3.71. The number of anilines is 2. The number of H-pyrrole nitrogens is 1. The monoisotopic (exact) mass is 370 g/mol. The van der Waals surface area contributed by atoms with Crippen LogP contribution in [0.15, 0.2) is 30.6 Å². The molecule has 1 fully saturated rings. The maximum absolute atomic E-state index is 12.3. The van der Waals surface area contributed by atoms with Crippen molar-refractivity contribution < 1.29 is 23.1 Å². The normalized spacial score (nSPS) is 17.2. The van der Waals surface area contributed by atoms with Gasteiger partial charge < -0.3 is 15.0 Å². The first-order chi connectivity index (χ1) is 11.9. The minimum absolute atomic E-state index is 0.0550. The van der Waals surface area contributed by atoms with Crippen LogP contribution in [0.3, 0.4) is 0 Å². The number of amides is 2. The molecule has 3 rings (SSSR count). The predicted octanol–water partition coefficient (Wildman–Crippen LogP) is 2.66. The van der Waals surface area contributed by atoms with Crippen LogP contribution in [0.1, 0.15) is 6.42 Å². The van der Waals surface area contributed by atoms with Gasteiger partial charge in [0.25, 0.3) is 0 Å². The molecule has 2 N–H and O–H groups in total. The molecule has 1 aliphatic rings. The first-order valence-electron chi connectivity index (χ1n) is 7.28. The van der Waals surface area contributed by atoms with E-state index in [0.717, 1.165) is 0 Å². The number of nitrogens with one attached hydrogen (secondary N) is 2. The van der Waals surface area contributed by atoms with Gasteiger partial charge in [-0.05, 0) is 18.2 Å². The lowest BCUT2D eigenvalue weighted by Crippen LogP contribution is -2.27. The zero-order valence-electron chi connectivity index (χ0n) is 12.7. The fourth-order valence-electron chi connectivity index (χ4n) is 2.54. The van der Waals surface area contributed by atoms with Crippen molar-refractivity contribution in [1.29, 1.82) is 0 Å². The van der Waals surface area contributed by atoms with Crippen LogP contribution in [0.4, 0.5) is 20.2 Å². The second-order valence-electron chi connectivity index (χ2n) is 5.37. The average molecular weight is 371 g/mol. The third kappa shape index (κ3) is 3.87. The van der Waals surface area contributed by atoms with E-state index in [4.69, 9.17) is 11.6 Å². The number of hydrogen-bond acceptors (Lipinski definition) is 4. The zero-order valence-corrected chi connectivity index (χ0v) is 13.5. The molecule has 2 aromatic rings. The van der Waals surface area contributed by atoms with Crippen molar-refractivity contribution in [1.82, 2.24) is 10.2 Å². The predicted molar refractivity (Wildman–Crippen MR) is 85.8 cm³/mol. The molecule has 1 aliphatic heterocycles. The highest BCUT2D eigenvalue weighted by atomic mass is 35.5. The minimum Gasteiger partial charge on any atom is -0.433 e. The van der Waals surface area contributed by atoms with Crippen LogP contribution in [0, 0.1) is 5.92 Å². The highest BCUT2D eigenvalue weighted by molar-refractivity contribution is 6.32. The number of alkyl halides is 2. The molecule has 1 aromatic carbocycles. The smallest absolute Gasteiger partial charge is 0.387 e. The molecular weight excluding hydrogens is 358 g/mol. The summed E-state index contributed by atoms with van der Waals surface area (Å²) >= 11 is 5.85. The first kappa shape index (κ1) is 17.2. The Morgan fingerprint density at radius 1 is 1.48 bits per heavy atom. The third-order valence-corrected chi connectivity index (χ3v) is 4.00. The van der Waals surface area contributed by atoms with Gasteiger partial charge in [0.1, 0.15) is 5.75 Å². The molecule has 132 valence electrons. The molecule has 25 heavy (non-hydrogen) atoms. The molecule has 2 heterocycles. The number of benzene rings is 1. The van der Waals surface area contributed by atoms with Gasteiger partial charge in [-0.3, -0.25) is 14.7 Å². The van der Waals surface area contributed by atoms with E-state index < -0.39 is 12.5 Å². The summed E-state index contributed by atoms with van der Waals surface area (Å²) in [5.41, 5.74) is 0.919. The van der Waals surface area contributed by atoms with Gasteiger partial charge in [-0.25, -0.2) is 0 Å². The number of nitrogens with zero attached hydrogens (tertiary/aromatic N) is 2. The Morgan fingerprint density at radius 3 is 2.92 bits per heavy atom. The molecule has 1 atom stereocenters. The van der Waals surface area contributed by atoms with E-state index >= 15 is 0 Å². The van der Waals surface area contributed by atoms with Crippen LogP contribution < -0.4 is 15.0 Å². The summed E-state index contributed by atoms with van der Waals surface area (Å²) in [5, 5.41) is 8.96. The van der Waals surface area contributed by atoms with Crippen molar-refractivity contribution in [2.75, 3.05) is 16.8 Å². The number of carbonyl (C=O) groups is 2. The van der Waals surface area contributed by atoms with Crippen molar-refractivity contribution in [3.8, 4) is 5.75 Å². The molecule has 7 nitrogen and oxygen atoms in total. The standard InChI is InChI=1S/C15H13ClF2N4O3/c16-11-4-9(1-2-12(11)25-15(17)18)21-14(24)8-3-13(23)22(7-8)10-5-19-20-6-10/h1-2,4-6,8,15H,3,7H2,(H,19,20)(H,21,24)/t8-/m0/s1. The molecule has 0 bridgehead atoms. The summed E-state index contributed by atoms with van der Waals surface area (Å²) in [7, 11) is 0. The van der Waals surface area contributed by atoms with E-state index in [1.54, 1.807) is 6.20 Å². The molecule has 1 aromatic heterocycles. The average Bonchev–Trinajstić information content (AvgIpc) is 3.18. The zero-order chi connectivity index (χ0) is 18.0. The SMILES string of the molecule is O=C(Nc1ccc(OC(F)F)c(Cl)c1)[C@H]1CC(=O)N(c2cn[nH]c2)C1. The topological polar surface area (TPSA) is 87.3 Å². The number of hydrogen-bond donors (Lipinski definition) is 2. The Hall–Kier alpha value is -2.68. The van der Waals surface area contributed by atoms with Gasteiger partial charge in [0, 0.05) is 24.8 Å². The highest BCUT2D eigenvalue weighted by Crippen LogP contribution is 2.30. The van der Waals surface area contributed by atoms with Crippen LogP contribution >= 0.6 is 11.6 Å². The summed E-state index contributed by atoms with van der Waals surface area (Å²) in [6.07, 6.45) is 3.14. The minimum atomic E-state index is -2.99. The lowest BCUT2D eigenvalue weighted by molar-refractivity contribution is -0.122. The Bertz CT molecular complexity index is 785. The van der Waals surface area contributed by atoms with Gasteiger partial charge in [0.2, 0.25) is 11.8 Å². The second kappa shape index (κ2) is 7.06. The number of ether oxygens (including phenoxy) is 1. The Balaban J connectivity index is 1.65. The molecular formula is C15H13ClF2N4O3. The highest BCUT2D eigenvalue weighted by Gasteiger charge is 2.35. The Morgan fingerprint density at radius 2 is 2.28 bits per heavy atom. The molecule has 0 unspecified atom stereocenters. The number of aromatic amines is 1. The van der Waals surface area contributed by atoms with E-state index in [-0.39, 0.29) is 35.6 Å². The van der Waals surface area contributed by atoms with Gasteiger partial charge in [-0.2, -0.15) is 13.9 Å². The molecule has 10 heteroatoms. The fraction of sp³-hybridized carbons (Fsp3) is 0.267. The van der Waals surface area contributed by atoms with Crippen LogP contribution in [0.25, 0.3) is 0 Å². The van der Waals surface area contributed by atoms with E-state index in [2.05, 4.69) is 20.3 Å². The van der Waals surface area contributed by atoms with Crippen LogP contribution in [0.2, 0.25) is 5.02 Å². The maximum atomic E-state index is 12.3. The Kier molecular flexibility index (Phi) is 4.84. The first-order valence-corrected chi connectivity index (χ1v) is 7.66. The number of halogens is 3.